The number of rotatable bonds is 6. The highest BCUT2D eigenvalue weighted by molar-refractivity contribution is 5.95. The summed E-state index contributed by atoms with van der Waals surface area (Å²) in [5, 5.41) is 16.1. The van der Waals surface area contributed by atoms with Gasteiger partial charge in [-0.3, -0.25) is 14.9 Å². The number of carbonyl (C=O) groups is 1. The highest BCUT2D eigenvalue weighted by atomic mass is 19.4. The quantitative estimate of drug-likeness (QED) is 0.581. The number of methoxy groups -OCH3 is 1. The zero-order chi connectivity index (χ0) is 20.2. The summed E-state index contributed by atoms with van der Waals surface area (Å²) in [6.45, 7) is 1.28. The van der Waals surface area contributed by atoms with E-state index in [1.165, 1.54) is 31.4 Å². The van der Waals surface area contributed by atoms with Gasteiger partial charge < -0.3 is 15.4 Å². The second-order valence-electron chi connectivity index (χ2n) is 5.58. The molecule has 0 fully saturated rings. The average Bonchev–Trinajstić information content (AvgIpc) is 2.60. The molecule has 2 rings (SSSR count). The van der Waals surface area contributed by atoms with Crippen LogP contribution in [0.5, 0.6) is 5.75 Å². The zero-order valence-electron chi connectivity index (χ0n) is 14.4. The molecule has 10 heteroatoms. The molecular weight excluding hydrogens is 367 g/mol. The number of nitro groups is 1. The summed E-state index contributed by atoms with van der Waals surface area (Å²) in [5.41, 5.74) is -0.194. The average molecular weight is 383 g/mol. The molecule has 0 aliphatic heterocycles. The van der Waals surface area contributed by atoms with Gasteiger partial charge >= 0.3 is 11.9 Å². The third-order valence-corrected chi connectivity index (χ3v) is 3.64. The fourth-order valence-electron chi connectivity index (χ4n) is 2.30. The molecule has 1 amide bonds. The number of amides is 1. The molecule has 0 saturated carbocycles. The largest absolute Gasteiger partial charge is 0.490 e. The van der Waals surface area contributed by atoms with Gasteiger partial charge in [0.05, 0.1) is 24.1 Å². The number of ether oxygens (including phenoxy) is 1. The molecule has 0 heterocycles. The van der Waals surface area contributed by atoms with Gasteiger partial charge in [0.1, 0.15) is 0 Å². The van der Waals surface area contributed by atoms with Crippen molar-refractivity contribution in [2.45, 2.75) is 13.1 Å². The van der Waals surface area contributed by atoms with Crippen LogP contribution in [-0.4, -0.2) is 24.5 Å². The van der Waals surface area contributed by atoms with Crippen LogP contribution in [0.15, 0.2) is 36.4 Å². The maximum atomic E-state index is 12.7. The van der Waals surface area contributed by atoms with E-state index in [0.29, 0.717) is 11.3 Å². The molecule has 27 heavy (non-hydrogen) atoms. The van der Waals surface area contributed by atoms with E-state index in [0.717, 1.165) is 12.1 Å². The van der Waals surface area contributed by atoms with E-state index in [1.54, 1.807) is 6.92 Å². The first-order valence-electron chi connectivity index (χ1n) is 7.66. The summed E-state index contributed by atoms with van der Waals surface area (Å²) < 4.78 is 43.0. The van der Waals surface area contributed by atoms with Crippen LogP contribution in [-0.2, 0) is 11.0 Å². The van der Waals surface area contributed by atoms with E-state index in [1.807, 2.05) is 0 Å². The maximum absolute atomic E-state index is 12.7. The number of alkyl halides is 3. The number of anilines is 2. The van der Waals surface area contributed by atoms with Crippen molar-refractivity contribution >= 4 is 23.0 Å². The first-order chi connectivity index (χ1) is 12.6. The van der Waals surface area contributed by atoms with Crippen molar-refractivity contribution in [2.75, 3.05) is 24.3 Å². The Hall–Kier alpha value is -3.30. The molecule has 0 bridgehead atoms. The van der Waals surface area contributed by atoms with Crippen LogP contribution in [0.4, 0.5) is 30.2 Å². The number of aryl methyl sites for hydroxylation is 1. The number of hydrogen-bond acceptors (Lipinski definition) is 5. The van der Waals surface area contributed by atoms with E-state index in [9.17, 15) is 28.1 Å². The summed E-state index contributed by atoms with van der Waals surface area (Å²) in [6, 6.07) is 7.03. The Balaban J connectivity index is 2.07. The molecule has 2 aromatic carbocycles. The molecule has 0 aliphatic rings. The number of benzene rings is 2. The van der Waals surface area contributed by atoms with Crippen molar-refractivity contribution in [1.29, 1.82) is 0 Å². The van der Waals surface area contributed by atoms with E-state index in [4.69, 9.17) is 4.74 Å². The molecule has 0 aromatic heterocycles. The standard InChI is InChI=1S/C17H16F3N3O4/c1-10-6-14(23(25)26)15(27-2)8-13(10)22-16(24)9-21-12-5-3-4-11(7-12)17(18,19)20/h3-8,21H,9H2,1-2H3,(H,22,24). The van der Waals surface area contributed by atoms with Crippen molar-refractivity contribution in [3.8, 4) is 5.75 Å². The van der Waals surface area contributed by atoms with E-state index in [2.05, 4.69) is 10.6 Å². The summed E-state index contributed by atoms with van der Waals surface area (Å²) in [7, 11) is 1.26. The van der Waals surface area contributed by atoms with Crippen molar-refractivity contribution in [2.24, 2.45) is 0 Å². The van der Waals surface area contributed by atoms with Crippen LogP contribution in [0.2, 0.25) is 0 Å². The van der Waals surface area contributed by atoms with Crippen molar-refractivity contribution in [3.63, 3.8) is 0 Å². The Morgan fingerprint density at radius 2 is 1.96 bits per heavy atom. The van der Waals surface area contributed by atoms with Gasteiger partial charge in [-0.15, -0.1) is 0 Å². The molecule has 0 atom stereocenters. The third-order valence-electron chi connectivity index (χ3n) is 3.64. The Morgan fingerprint density at radius 1 is 1.26 bits per heavy atom. The van der Waals surface area contributed by atoms with Crippen molar-refractivity contribution < 1.29 is 27.6 Å². The zero-order valence-corrected chi connectivity index (χ0v) is 14.4. The van der Waals surface area contributed by atoms with E-state index < -0.39 is 22.6 Å². The highest BCUT2D eigenvalue weighted by Crippen LogP contribution is 2.33. The van der Waals surface area contributed by atoms with Crippen LogP contribution in [0.3, 0.4) is 0 Å². The number of nitrogens with one attached hydrogen (secondary N) is 2. The minimum Gasteiger partial charge on any atom is -0.490 e. The van der Waals surface area contributed by atoms with Crippen LogP contribution >= 0.6 is 0 Å². The second kappa shape index (κ2) is 7.94. The van der Waals surface area contributed by atoms with Gasteiger partial charge in [0.15, 0.2) is 5.75 Å². The van der Waals surface area contributed by atoms with E-state index in [-0.39, 0.29) is 23.7 Å². The number of nitro benzene ring substituents is 1. The normalized spacial score (nSPS) is 11.0. The van der Waals surface area contributed by atoms with Gasteiger partial charge in [0.2, 0.25) is 5.91 Å². The molecule has 0 saturated heterocycles. The van der Waals surface area contributed by atoms with Gasteiger partial charge in [-0.05, 0) is 30.7 Å². The summed E-state index contributed by atoms with van der Waals surface area (Å²) >= 11 is 0. The molecule has 0 radical (unpaired) electrons. The maximum Gasteiger partial charge on any atom is 0.416 e. The van der Waals surface area contributed by atoms with Crippen LogP contribution < -0.4 is 15.4 Å². The number of halogens is 3. The lowest BCUT2D eigenvalue weighted by atomic mass is 10.1. The minimum atomic E-state index is -4.48. The van der Waals surface area contributed by atoms with Crippen LogP contribution in [0, 0.1) is 17.0 Å². The Kier molecular flexibility index (Phi) is 5.88. The number of carbonyl (C=O) groups excluding carboxylic acids is 1. The molecule has 0 aliphatic carbocycles. The predicted molar refractivity (Wildman–Crippen MR) is 92.9 cm³/mol. The molecule has 0 unspecified atom stereocenters. The molecule has 7 nitrogen and oxygen atoms in total. The monoisotopic (exact) mass is 383 g/mol. The second-order valence-corrected chi connectivity index (χ2v) is 5.58. The Morgan fingerprint density at radius 3 is 2.56 bits per heavy atom. The molecule has 0 spiro atoms. The predicted octanol–water partition coefficient (Wildman–Crippen LogP) is 3.98. The Labute approximate surface area is 152 Å². The molecule has 2 N–H and O–H groups in total. The van der Waals surface area contributed by atoms with Gasteiger partial charge in [-0.1, -0.05) is 6.07 Å². The van der Waals surface area contributed by atoms with Crippen molar-refractivity contribution in [3.05, 3.63) is 57.6 Å². The first-order valence-corrected chi connectivity index (χ1v) is 7.66. The van der Waals surface area contributed by atoms with Gasteiger partial charge in [-0.25, -0.2) is 0 Å². The number of hydrogen-bond donors (Lipinski definition) is 2. The first kappa shape index (κ1) is 20.0. The lowest BCUT2D eigenvalue weighted by molar-refractivity contribution is -0.385. The fraction of sp³-hybridized carbons (Fsp3) is 0.235. The lowest BCUT2D eigenvalue weighted by Crippen LogP contribution is -2.22. The van der Waals surface area contributed by atoms with Crippen molar-refractivity contribution in [1.82, 2.24) is 0 Å². The molecule has 144 valence electrons. The number of nitrogens with zero attached hydrogens (tertiary/aromatic N) is 1. The van der Waals surface area contributed by atoms with Crippen LogP contribution in [0.1, 0.15) is 11.1 Å². The van der Waals surface area contributed by atoms with Crippen LogP contribution in [0.25, 0.3) is 0 Å². The topological polar surface area (TPSA) is 93.5 Å². The fourth-order valence-corrected chi connectivity index (χ4v) is 2.30. The smallest absolute Gasteiger partial charge is 0.416 e. The van der Waals surface area contributed by atoms with Gasteiger partial charge in [0.25, 0.3) is 0 Å². The minimum absolute atomic E-state index is 0.0215. The van der Waals surface area contributed by atoms with Gasteiger partial charge in [-0.2, -0.15) is 13.2 Å². The molecular formula is C17H16F3N3O4. The summed E-state index contributed by atoms with van der Waals surface area (Å²) in [4.78, 5) is 22.4. The lowest BCUT2D eigenvalue weighted by Gasteiger charge is -2.13. The highest BCUT2D eigenvalue weighted by Gasteiger charge is 2.30. The third kappa shape index (κ3) is 5.09. The van der Waals surface area contributed by atoms with Gasteiger partial charge in [0, 0.05) is 23.5 Å². The van der Waals surface area contributed by atoms with E-state index >= 15 is 0 Å². The Bertz CT molecular complexity index is 869. The summed E-state index contributed by atoms with van der Waals surface area (Å²) in [5.74, 6) is -0.557. The SMILES string of the molecule is COc1cc(NC(=O)CNc2cccc(C(F)(F)F)c2)c(C)cc1[N+](=O)[O-]. The molecule has 2 aromatic rings. The summed E-state index contributed by atoms with van der Waals surface area (Å²) in [6.07, 6.45) is -4.48.